The summed E-state index contributed by atoms with van der Waals surface area (Å²) >= 11 is 11.8. The number of nitrogens with zero attached hydrogens (tertiary/aromatic N) is 1. The second-order valence-electron chi connectivity index (χ2n) is 5.67. The number of carboxylic acid groups (broad SMARTS) is 1. The van der Waals surface area contributed by atoms with Gasteiger partial charge in [0.05, 0.1) is 9.95 Å². The molecular formula is C16H14Cl2N2O6S. The minimum absolute atomic E-state index is 0.141. The molecule has 0 aliphatic heterocycles. The summed E-state index contributed by atoms with van der Waals surface area (Å²) in [5.41, 5.74) is 0.715. The molecule has 0 saturated carbocycles. The summed E-state index contributed by atoms with van der Waals surface area (Å²) < 4.78 is 27.2. The van der Waals surface area contributed by atoms with E-state index in [1.165, 1.54) is 36.4 Å². The van der Waals surface area contributed by atoms with Crippen molar-refractivity contribution in [2.45, 2.75) is 24.3 Å². The van der Waals surface area contributed by atoms with Crippen LogP contribution < -0.4 is 4.72 Å². The van der Waals surface area contributed by atoms with Crippen molar-refractivity contribution >= 4 is 44.9 Å². The summed E-state index contributed by atoms with van der Waals surface area (Å²) in [7, 11) is -4.25. The molecule has 1 atom stereocenters. The van der Waals surface area contributed by atoms with Crippen LogP contribution in [0, 0.1) is 17.0 Å². The van der Waals surface area contributed by atoms with Crippen LogP contribution in [0.25, 0.3) is 0 Å². The topological polar surface area (TPSA) is 127 Å². The molecule has 144 valence electrons. The van der Waals surface area contributed by atoms with Crippen LogP contribution in [0.15, 0.2) is 41.3 Å². The number of hydrogen-bond acceptors (Lipinski definition) is 5. The number of aryl methyl sites for hydroxylation is 1. The van der Waals surface area contributed by atoms with Gasteiger partial charge in [0.25, 0.3) is 5.69 Å². The number of hydrogen-bond donors (Lipinski definition) is 2. The molecule has 0 aliphatic rings. The van der Waals surface area contributed by atoms with Crippen molar-refractivity contribution in [3.05, 3.63) is 67.7 Å². The Balaban J connectivity index is 2.28. The molecule has 0 saturated heterocycles. The van der Waals surface area contributed by atoms with Gasteiger partial charge in [0.15, 0.2) is 0 Å². The average Bonchev–Trinajstić information content (AvgIpc) is 2.57. The Bertz CT molecular complexity index is 993. The number of sulfonamides is 1. The molecule has 2 rings (SSSR count). The summed E-state index contributed by atoms with van der Waals surface area (Å²) in [6, 6.07) is 6.16. The van der Waals surface area contributed by atoms with Gasteiger partial charge in [-0.3, -0.25) is 14.9 Å². The first kappa shape index (κ1) is 21.1. The van der Waals surface area contributed by atoms with Gasteiger partial charge in [-0.05, 0) is 36.6 Å². The highest BCUT2D eigenvalue weighted by Crippen LogP contribution is 2.28. The van der Waals surface area contributed by atoms with Crippen LogP contribution in [0.4, 0.5) is 5.69 Å². The van der Waals surface area contributed by atoms with Gasteiger partial charge in [-0.2, -0.15) is 4.72 Å². The first-order valence-electron chi connectivity index (χ1n) is 7.45. The molecule has 0 spiro atoms. The van der Waals surface area contributed by atoms with Gasteiger partial charge in [-0.25, -0.2) is 8.42 Å². The fraction of sp³-hybridized carbons (Fsp3) is 0.188. The van der Waals surface area contributed by atoms with Crippen LogP contribution >= 0.6 is 23.2 Å². The van der Waals surface area contributed by atoms with E-state index in [1.54, 1.807) is 6.92 Å². The summed E-state index contributed by atoms with van der Waals surface area (Å²) in [4.78, 5) is 21.3. The van der Waals surface area contributed by atoms with Gasteiger partial charge in [0.1, 0.15) is 10.9 Å². The lowest BCUT2D eigenvalue weighted by atomic mass is 10.1. The van der Waals surface area contributed by atoms with Gasteiger partial charge in [-0.15, -0.1) is 0 Å². The predicted octanol–water partition coefficient (Wildman–Crippen LogP) is 3.18. The summed E-state index contributed by atoms with van der Waals surface area (Å²) in [6.07, 6.45) is -0.212. The van der Waals surface area contributed by atoms with Crippen molar-refractivity contribution < 1.29 is 23.2 Å². The zero-order valence-electron chi connectivity index (χ0n) is 13.8. The van der Waals surface area contributed by atoms with E-state index in [-0.39, 0.29) is 27.0 Å². The normalized spacial score (nSPS) is 12.6. The third-order valence-electron chi connectivity index (χ3n) is 3.69. The minimum atomic E-state index is -4.25. The van der Waals surface area contributed by atoms with Gasteiger partial charge in [0, 0.05) is 17.2 Å². The Labute approximate surface area is 164 Å². The van der Waals surface area contributed by atoms with E-state index in [9.17, 15) is 28.4 Å². The molecule has 2 N–H and O–H groups in total. The van der Waals surface area contributed by atoms with E-state index in [0.717, 1.165) is 0 Å². The molecule has 1 unspecified atom stereocenters. The van der Waals surface area contributed by atoms with Gasteiger partial charge in [0.2, 0.25) is 10.0 Å². The maximum atomic E-state index is 12.6. The molecule has 11 heteroatoms. The van der Waals surface area contributed by atoms with E-state index in [2.05, 4.69) is 4.72 Å². The van der Waals surface area contributed by atoms with Crippen molar-refractivity contribution in [3.63, 3.8) is 0 Å². The molecule has 8 nitrogen and oxygen atoms in total. The number of nitrogens with one attached hydrogen (secondary N) is 1. The third-order valence-corrected chi connectivity index (χ3v) is 6.03. The fourth-order valence-corrected chi connectivity index (χ4v) is 4.28. The van der Waals surface area contributed by atoms with Gasteiger partial charge in [-0.1, -0.05) is 35.3 Å². The summed E-state index contributed by atoms with van der Waals surface area (Å²) in [5, 5.41) is 20.2. The summed E-state index contributed by atoms with van der Waals surface area (Å²) in [6.45, 7) is 1.59. The van der Waals surface area contributed by atoms with Crippen LogP contribution in [-0.4, -0.2) is 30.5 Å². The smallest absolute Gasteiger partial charge is 0.322 e. The molecule has 0 aliphatic carbocycles. The number of benzene rings is 2. The van der Waals surface area contributed by atoms with Crippen LogP contribution in [0.2, 0.25) is 10.0 Å². The number of nitro groups is 1. The second kappa shape index (κ2) is 8.22. The largest absolute Gasteiger partial charge is 0.480 e. The average molecular weight is 433 g/mol. The number of carboxylic acids is 1. The SMILES string of the molecule is Cc1cc(S(=O)(=O)NC(Cc2ccc([N+](=O)[O-])cc2)C(=O)O)c(Cl)cc1Cl. The Morgan fingerprint density at radius 2 is 1.81 bits per heavy atom. The van der Waals surface area contributed by atoms with Crippen molar-refractivity contribution in [3.8, 4) is 0 Å². The van der Waals surface area contributed by atoms with Gasteiger partial charge >= 0.3 is 5.97 Å². The molecule has 27 heavy (non-hydrogen) atoms. The first-order valence-corrected chi connectivity index (χ1v) is 9.69. The molecule has 2 aromatic rings. The Hall–Kier alpha value is -2.20. The fourth-order valence-electron chi connectivity index (χ4n) is 2.26. The van der Waals surface area contributed by atoms with E-state index in [0.29, 0.717) is 11.1 Å². The lowest BCUT2D eigenvalue weighted by Crippen LogP contribution is -2.42. The minimum Gasteiger partial charge on any atom is -0.480 e. The predicted molar refractivity (Wildman–Crippen MR) is 99.7 cm³/mol. The highest BCUT2D eigenvalue weighted by Gasteiger charge is 2.28. The quantitative estimate of drug-likeness (QED) is 0.510. The number of aliphatic carboxylic acids is 1. The van der Waals surface area contributed by atoms with E-state index < -0.39 is 27.0 Å². The zero-order chi connectivity index (χ0) is 20.4. The van der Waals surface area contributed by atoms with Crippen LogP contribution in [0.1, 0.15) is 11.1 Å². The first-order chi connectivity index (χ1) is 12.5. The lowest BCUT2D eigenvalue weighted by Gasteiger charge is -2.16. The molecule has 0 radical (unpaired) electrons. The van der Waals surface area contributed by atoms with Crippen LogP contribution in [0.3, 0.4) is 0 Å². The zero-order valence-corrected chi connectivity index (χ0v) is 16.2. The second-order valence-corrected chi connectivity index (χ2v) is 8.17. The molecule has 0 fully saturated rings. The molecule has 0 aromatic heterocycles. The monoisotopic (exact) mass is 432 g/mol. The lowest BCUT2D eigenvalue weighted by molar-refractivity contribution is -0.384. The Kier molecular flexibility index (Phi) is 6.42. The van der Waals surface area contributed by atoms with Crippen molar-refractivity contribution in [1.29, 1.82) is 0 Å². The standard InChI is InChI=1S/C16H14Cl2N2O6S/c1-9-6-15(13(18)8-12(9)17)27(25,26)19-14(16(21)22)7-10-2-4-11(5-3-10)20(23)24/h2-6,8,14,19H,7H2,1H3,(H,21,22). The molecular weight excluding hydrogens is 419 g/mol. The Morgan fingerprint density at radius 1 is 1.22 bits per heavy atom. The molecule has 0 bridgehead atoms. The number of rotatable bonds is 7. The molecule has 0 heterocycles. The Morgan fingerprint density at radius 3 is 2.33 bits per heavy atom. The number of halogens is 2. The van der Waals surface area contributed by atoms with Crippen molar-refractivity contribution in [2.75, 3.05) is 0 Å². The maximum absolute atomic E-state index is 12.6. The molecule has 0 amide bonds. The third kappa shape index (κ3) is 5.16. The number of nitro benzene ring substituents is 1. The van der Waals surface area contributed by atoms with Crippen molar-refractivity contribution in [2.24, 2.45) is 0 Å². The highest BCUT2D eigenvalue weighted by atomic mass is 35.5. The van der Waals surface area contributed by atoms with Crippen LogP contribution in [-0.2, 0) is 21.2 Å². The summed E-state index contributed by atoms with van der Waals surface area (Å²) in [5.74, 6) is -1.40. The van der Waals surface area contributed by atoms with Gasteiger partial charge < -0.3 is 5.11 Å². The van der Waals surface area contributed by atoms with Crippen molar-refractivity contribution in [1.82, 2.24) is 4.72 Å². The van der Waals surface area contributed by atoms with E-state index in [1.807, 2.05) is 0 Å². The van der Waals surface area contributed by atoms with Crippen LogP contribution in [0.5, 0.6) is 0 Å². The number of carbonyl (C=O) groups is 1. The maximum Gasteiger partial charge on any atom is 0.322 e. The molecule has 2 aromatic carbocycles. The number of non-ortho nitro benzene ring substituents is 1. The highest BCUT2D eigenvalue weighted by molar-refractivity contribution is 7.89. The van der Waals surface area contributed by atoms with E-state index in [4.69, 9.17) is 23.2 Å². The van der Waals surface area contributed by atoms with E-state index >= 15 is 0 Å².